The van der Waals surface area contributed by atoms with E-state index in [1.165, 1.54) is 36.0 Å². The Kier molecular flexibility index (Phi) is 3.88. The highest BCUT2D eigenvalue weighted by Crippen LogP contribution is 2.12. The van der Waals surface area contributed by atoms with Crippen LogP contribution in [0.1, 0.15) is 10.4 Å². The molecule has 0 aliphatic heterocycles. The van der Waals surface area contributed by atoms with E-state index in [4.69, 9.17) is 0 Å². The van der Waals surface area contributed by atoms with Gasteiger partial charge in [0.2, 0.25) is 0 Å². The topological polar surface area (TPSA) is 54.9 Å². The summed E-state index contributed by atoms with van der Waals surface area (Å²) >= 11 is 1.47. The van der Waals surface area contributed by atoms with Gasteiger partial charge >= 0.3 is 0 Å². The van der Waals surface area contributed by atoms with Crippen molar-refractivity contribution in [3.05, 3.63) is 47.8 Å². The second kappa shape index (κ2) is 5.59. The van der Waals surface area contributed by atoms with Gasteiger partial charge in [-0.2, -0.15) is 0 Å². The number of nitrogens with one attached hydrogen (secondary N) is 1. The lowest BCUT2D eigenvalue weighted by molar-refractivity contribution is 0.102. The maximum absolute atomic E-state index is 12.7. The average molecular weight is 263 g/mol. The van der Waals surface area contributed by atoms with Crippen molar-refractivity contribution >= 4 is 23.5 Å². The summed E-state index contributed by atoms with van der Waals surface area (Å²) < 4.78 is 12.7. The fourth-order valence-corrected chi connectivity index (χ4v) is 1.61. The molecule has 0 atom stereocenters. The first-order valence-electron chi connectivity index (χ1n) is 5.13. The SMILES string of the molecule is CSc1ccc(NC(=O)c2ccc(F)cc2)nn1. The van der Waals surface area contributed by atoms with Crippen LogP contribution in [0.15, 0.2) is 41.4 Å². The predicted octanol–water partition coefficient (Wildman–Crippen LogP) is 2.59. The first-order valence-corrected chi connectivity index (χ1v) is 6.36. The van der Waals surface area contributed by atoms with Crippen molar-refractivity contribution in [2.45, 2.75) is 5.03 Å². The highest BCUT2D eigenvalue weighted by molar-refractivity contribution is 7.98. The van der Waals surface area contributed by atoms with Gasteiger partial charge in [0.05, 0.1) is 0 Å². The molecule has 0 spiro atoms. The fraction of sp³-hybridized carbons (Fsp3) is 0.0833. The van der Waals surface area contributed by atoms with Crippen LogP contribution in [0.25, 0.3) is 0 Å². The molecule has 0 radical (unpaired) electrons. The summed E-state index contributed by atoms with van der Waals surface area (Å²) in [4.78, 5) is 11.8. The molecule has 6 heteroatoms. The van der Waals surface area contributed by atoms with Crippen molar-refractivity contribution in [1.82, 2.24) is 10.2 Å². The molecule has 1 N–H and O–H groups in total. The van der Waals surface area contributed by atoms with Crippen LogP contribution in [0.3, 0.4) is 0 Å². The monoisotopic (exact) mass is 263 g/mol. The first-order chi connectivity index (χ1) is 8.69. The molecule has 1 aromatic heterocycles. The second-order valence-electron chi connectivity index (χ2n) is 3.42. The number of halogens is 1. The fourth-order valence-electron chi connectivity index (χ4n) is 1.29. The largest absolute Gasteiger partial charge is 0.305 e. The van der Waals surface area contributed by atoms with Gasteiger partial charge in [-0.15, -0.1) is 22.0 Å². The molecular weight excluding hydrogens is 253 g/mol. The van der Waals surface area contributed by atoms with Gasteiger partial charge in [0.25, 0.3) is 5.91 Å². The Morgan fingerprint density at radius 1 is 1.17 bits per heavy atom. The molecule has 2 aromatic rings. The van der Waals surface area contributed by atoms with Crippen LogP contribution in [0, 0.1) is 5.82 Å². The number of amides is 1. The Balaban J connectivity index is 2.08. The third-order valence-corrected chi connectivity index (χ3v) is 2.83. The molecule has 92 valence electrons. The minimum absolute atomic E-state index is 0.346. The summed E-state index contributed by atoms with van der Waals surface area (Å²) in [5, 5.41) is 11.1. The maximum atomic E-state index is 12.7. The molecule has 1 heterocycles. The van der Waals surface area contributed by atoms with Crippen molar-refractivity contribution in [3.8, 4) is 0 Å². The summed E-state index contributed by atoms with van der Waals surface area (Å²) in [6.45, 7) is 0. The summed E-state index contributed by atoms with van der Waals surface area (Å²) in [6.07, 6.45) is 1.89. The molecule has 18 heavy (non-hydrogen) atoms. The van der Waals surface area contributed by atoms with Crippen LogP contribution in [0.5, 0.6) is 0 Å². The number of benzene rings is 1. The van der Waals surface area contributed by atoms with Crippen LogP contribution in [-0.4, -0.2) is 22.4 Å². The molecule has 1 aromatic carbocycles. The van der Waals surface area contributed by atoms with E-state index in [0.717, 1.165) is 5.03 Å². The van der Waals surface area contributed by atoms with Gasteiger partial charge < -0.3 is 5.32 Å². The maximum Gasteiger partial charge on any atom is 0.256 e. The van der Waals surface area contributed by atoms with Gasteiger partial charge in [0.1, 0.15) is 10.8 Å². The quantitative estimate of drug-likeness (QED) is 0.865. The van der Waals surface area contributed by atoms with Crippen molar-refractivity contribution < 1.29 is 9.18 Å². The number of carbonyl (C=O) groups is 1. The molecule has 0 fully saturated rings. The summed E-state index contributed by atoms with van der Waals surface area (Å²) in [5.74, 6) is -0.362. The molecule has 0 aliphatic rings. The van der Waals surface area contributed by atoms with Crippen LogP contribution in [0.4, 0.5) is 10.2 Å². The highest BCUT2D eigenvalue weighted by atomic mass is 32.2. The van der Waals surface area contributed by atoms with Gasteiger partial charge in [-0.3, -0.25) is 4.79 Å². The minimum atomic E-state index is -0.379. The van der Waals surface area contributed by atoms with Crippen molar-refractivity contribution in [1.29, 1.82) is 0 Å². The molecule has 0 aliphatic carbocycles. The highest BCUT2D eigenvalue weighted by Gasteiger charge is 2.07. The standard InChI is InChI=1S/C12H10FN3OS/c1-18-11-7-6-10(15-16-11)14-12(17)8-2-4-9(13)5-3-8/h2-7H,1H3,(H,14,15,17). The van der Waals surface area contributed by atoms with E-state index in [-0.39, 0.29) is 11.7 Å². The van der Waals surface area contributed by atoms with Crippen LogP contribution < -0.4 is 5.32 Å². The number of hydrogen-bond acceptors (Lipinski definition) is 4. The molecule has 2 rings (SSSR count). The smallest absolute Gasteiger partial charge is 0.256 e. The van der Waals surface area contributed by atoms with Gasteiger partial charge in [0, 0.05) is 5.56 Å². The zero-order valence-corrected chi connectivity index (χ0v) is 10.4. The summed E-state index contributed by atoms with van der Waals surface area (Å²) in [7, 11) is 0. The molecule has 1 amide bonds. The Labute approximate surface area is 108 Å². The Hall–Kier alpha value is -1.95. The third kappa shape index (κ3) is 3.04. The number of rotatable bonds is 3. The van der Waals surface area contributed by atoms with Gasteiger partial charge in [-0.1, -0.05) is 0 Å². The van der Waals surface area contributed by atoms with Crippen LogP contribution >= 0.6 is 11.8 Å². The Morgan fingerprint density at radius 2 is 1.89 bits per heavy atom. The van der Waals surface area contributed by atoms with E-state index >= 15 is 0 Å². The van der Waals surface area contributed by atoms with Crippen molar-refractivity contribution in [3.63, 3.8) is 0 Å². The molecule has 4 nitrogen and oxygen atoms in total. The zero-order valence-electron chi connectivity index (χ0n) is 9.55. The van der Waals surface area contributed by atoms with E-state index in [1.54, 1.807) is 12.1 Å². The van der Waals surface area contributed by atoms with E-state index in [0.29, 0.717) is 11.4 Å². The Morgan fingerprint density at radius 3 is 2.44 bits per heavy atom. The molecule has 0 saturated carbocycles. The number of nitrogens with zero attached hydrogens (tertiary/aromatic N) is 2. The zero-order chi connectivity index (χ0) is 13.0. The first kappa shape index (κ1) is 12.5. The molecule has 0 unspecified atom stereocenters. The second-order valence-corrected chi connectivity index (χ2v) is 4.25. The number of thioether (sulfide) groups is 1. The van der Waals surface area contributed by atoms with E-state index in [9.17, 15) is 9.18 Å². The molecular formula is C12H10FN3OS. The lowest BCUT2D eigenvalue weighted by atomic mass is 10.2. The normalized spacial score (nSPS) is 10.1. The number of hydrogen-bond donors (Lipinski definition) is 1. The van der Waals surface area contributed by atoms with Gasteiger partial charge in [-0.25, -0.2) is 4.39 Å². The average Bonchev–Trinajstić information content (AvgIpc) is 2.40. The minimum Gasteiger partial charge on any atom is -0.305 e. The lowest BCUT2D eigenvalue weighted by Gasteiger charge is -2.03. The summed E-state index contributed by atoms with van der Waals surface area (Å²) in [6, 6.07) is 8.72. The van der Waals surface area contributed by atoms with E-state index < -0.39 is 0 Å². The molecule has 0 saturated heterocycles. The van der Waals surface area contributed by atoms with Gasteiger partial charge in [-0.05, 0) is 42.7 Å². The van der Waals surface area contributed by atoms with Crippen molar-refractivity contribution in [2.24, 2.45) is 0 Å². The van der Waals surface area contributed by atoms with E-state index in [2.05, 4.69) is 15.5 Å². The summed E-state index contributed by atoms with van der Waals surface area (Å²) in [5.41, 5.74) is 0.368. The number of aromatic nitrogens is 2. The number of anilines is 1. The van der Waals surface area contributed by atoms with Crippen LogP contribution in [-0.2, 0) is 0 Å². The number of carbonyl (C=O) groups excluding carboxylic acids is 1. The third-order valence-electron chi connectivity index (χ3n) is 2.20. The van der Waals surface area contributed by atoms with Crippen molar-refractivity contribution in [2.75, 3.05) is 11.6 Å². The van der Waals surface area contributed by atoms with Crippen LogP contribution in [0.2, 0.25) is 0 Å². The lowest BCUT2D eigenvalue weighted by Crippen LogP contribution is -2.13. The molecule has 0 bridgehead atoms. The van der Waals surface area contributed by atoms with E-state index in [1.807, 2.05) is 6.26 Å². The predicted molar refractivity (Wildman–Crippen MR) is 68.2 cm³/mol. The van der Waals surface area contributed by atoms with Gasteiger partial charge in [0.15, 0.2) is 5.82 Å². The Bertz CT molecular complexity index is 542.